The van der Waals surface area contributed by atoms with Crippen LogP contribution >= 0.6 is 23.1 Å². The van der Waals surface area contributed by atoms with Crippen LogP contribution in [0.25, 0.3) is 10.4 Å². The maximum atomic E-state index is 14.3. The van der Waals surface area contributed by atoms with E-state index in [2.05, 4.69) is 62.7 Å². The summed E-state index contributed by atoms with van der Waals surface area (Å²) in [5.41, 5.74) is 11.0. The van der Waals surface area contributed by atoms with Gasteiger partial charge in [0.1, 0.15) is 22.9 Å². The average Bonchev–Trinajstić information content (AvgIpc) is 4.04. The van der Waals surface area contributed by atoms with Crippen molar-refractivity contribution in [3.05, 3.63) is 95.5 Å². The van der Waals surface area contributed by atoms with Crippen molar-refractivity contribution >= 4 is 64.1 Å². The molecule has 0 aliphatic carbocycles. The largest absolute Gasteiger partial charge is 0.391 e. The monoisotopic (exact) mass is 1090 g/mol. The van der Waals surface area contributed by atoms with Crippen LogP contribution in [0.15, 0.2) is 88.5 Å². The van der Waals surface area contributed by atoms with Crippen molar-refractivity contribution in [2.24, 2.45) is 11.1 Å². The van der Waals surface area contributed by atoms with E-state index in [1.165, 1.54) is 16.7 Å². The molecule has 2 aromatic carbocycles. The molecule has 5 aromatic rings. The predicted molar refractivity (Wildman–Crippen MR) is 304 cm³/mol. The van der Waals surface area contributed by atoms with Gasteiger partial charge in [0.15, 0.2) is 11.5 Å². The van der Waals surface area contributed by atoms with Gasteiger partial charge >= 0.3 is 0 Å². The van der Waals surface area contributed by atoms with Gasteiger partial charge in [-0.1, -0.05) is 88.5 Å². The summed E-state index contributed by atoms with van der Waals surface area (Å²) in [6.45, 7) is 17.7. The number of piperidine rings is 1. The number of hydrogen-bond donors (Lipinski definition) is 5. The Morgan fingerprint density at radius 2 is 1.56 bits per heavy atom. The Morgan fingerprint density at radius 3 is 2.22 bits per heavy atom. The van der Waals surface area contributed by atoms with E-state index in [-0.39, 0.29) is 42.1 Å². The minimum absolute atomic E-state index is 0.0240. The second kappa shape index (κ2) is 26.1. The summed E-state index contributed by atoms with van der Waals surface area (Å²) >= 11 is 3.10. The zero-order valence-corrected chi connectivity index (χ0v) is 47.2. The summed E-state index contributed by atoms with van der Waals surface area (Å²) in [6, 6.07) is 17.0. The van der Waals surface area contributed by atoms with Crippen molar-refractivity contribution < 1.29 is 24.3 Å². The highest BCUT2D eigenvalue weighted by atomic mass is 32.2. The molecule has 4 amide bonds. The predicted octanol–water partition coefficient (Wildman–Crippen LogP) is 7.64. The third kappa shape index (κ3) is 15.8. The summed E-state index contributed by atoms with van der Waals surface area (Å²) in [7, 11) is 0. The highest BCUT2D eigenvalue weighted by Crippen LogP contribution is 2.32. The van der Waals surface area contributed by atoms with Gasteiger partial charge in [-0.3, -0.25) is 24.1 Å². The molecule has 3 saturated heterocycles. The first-order chi connectivity index (χ1) is 36.9. The molecule has 77 heavy (non-hydrogen) atoms. The number of nitrogens with zero attached hydrogens (tertiary/aromatic N) is 9. The fraction of sp³-hybridized carbons (Fsp3) is 0.526. The number of β-amino-alcohol motifs (C(OH)–C–C–N with tert-alkyl or cyclic N) is 1. The normalized spacial score (nSPS) is 18.7. The number of aliphatic hydroxyl groups is 1. The van der Waals surface area contributed by atoms with Crippen LogP contribution < -0.4 is 31.5 Å². The number of piperazine rings is 1. The molecule has 3 aliphatic heterocycles. The number of carbonyl (C=O) groups excluding carboxylic acids is 4. The SMILES string of the molecule is Cc1ncsc1-c1ccc([C@H](C)NC(=O)[C@@H]2CC(O)CN2C(=O)[C@@H](NC(=O)c2ccc(N3CCN(CCCCCCCCC(=O)Nc4cccc(Sc5cnc(N6CCC(C)(N)CC6)cn5)c4)CC3)nn2)C(C)(C)C)cc1. The number of likely N-dealkylation sites (tertiary alicyclic amines) is 1. The highest BCUT2D eigenvalue weighted by Gasteiger charge is 2.45. The number of nitrogens with two attached hydrogens (primary N) is 1. The van der Waals surface area contributed by atoms with Crippen molar-refractivity contribution in [2.45, 2.75) is 145 Å². The minimum atomic E-state index is -1.01. The number of amides is 4. The van der Waals surface area contributed by atoms with E-state index in [1.54, 1.807) is 23.5 Å². The molecule has 4 atom stereocenters. The number of nitrogens with one attached hydrogen (secondary N) is 3. The molecule has 0 spiro atoms. The van der Waals surface area contributed by atoms with Crippen LogP contribution in [0.4, 0.5) is 17.3 Å². The molecule has 6 heterocycles. The van der Waals surface area contributed by atoms with E-state index in [1.807, 2.05) is 101 Å². The van der Waals surface area contributed by atoms with Gasteiger partial charge in [0.2, 0.25) is 17.7 Å². The van der Waals surface area contributed by atoms with E-state index >= 15 is 0 Å². The Balaban J connectivity index is 0.701. The fourth-order valence-corrected chi connectivity index (χ4v) is 11.7. The van der Waals surface area contributed by atoms with Crippen LogP contribution in [0.2, 0.25) is 0 Å². The lowest BCUT2D eigenvalue weighted by molar-refractivity contribution is -0.142. The lowest BCUT2D eigenvalue weighted by Crippen LogP contribution is -2.58. The molecule has 1 unspecified atom stereocenters. The molecule has 3 fully saturated rings. The topological polar surface area (TPSA) is 228 Å². The fourth-order valence-electron chi connectivity index (χ4n) is 10.1. The summed E-state index contributed by atoms with van der Waals surface area (Å²) in [5, 5.41) is 29.2. The second-order valence-corrected chi connectivity index (χ2v) is 24.2. The third-order valence-corrected chi connectivity index (χ3v) is 16.8. The zero-order chi connectivity index (χ0) is 54.7. The van der Waals surface area contributed by atoms with Gasteiger partial charge in [-0.25, -0.2) is 15.0 Å². The zero-order valence-electron chi connectivity index (χ0n) is 45.5. The molecule has 0 saturated carbocycles. The number of unbranched alkanes of at least 4 members (excludes halogenated alkanes) is 5. The van der Waals surface area contributed by atoms with Crippen molar-refractivity contribution in [3.63, 3.8) is 0 Å². The molecule has 0 bridgehead atoms. The Morgan fingerprint density at radius 1 is 0.844 bits per heavy atom. The summed E-state index contributed by atoms with van der Waals surface area (Å²) < 4.78 is 0. The Kier molecular flexibility index (Phi) is 19.3. The van der Waals surface area contributed by atoms with Crippen LogP contribution in [-0.4, -0.2) is 140 Å². The van der Waals surface area contributed by atoms with Gasteiger partial charge in [0.25, 0.3) is 5.91 Å². The maximum absolute atomic E-state index is 14.3. The summed E-state index contributed by atoms with van der Waals surface area (Å²) in [6.07, 6.45) is 11.6. The molecule has 412 valence electrons. The van der Waals surface area contributed by atoms with E-state index in [0.717, 1.165) is 140 Å². The average molecular weight is 1090 g/mol. The molecular formula is C57H77N13O5S2. The molecule has 6 N–H and O–H groups in total. The number of thiazole rings is 1. The molecular weight excluding hydrogens is 1010 g/mol. The first-order valence-corrected chi connectivity index (χ1v) is 28.9. The van der Waals surface area contributed by atoms with Gasteiger partial charge in [0.05, 0.1) is 40.6 Å². The Labute approximate surface area is 461 Å². The van der Waals surface area contributed by atoms with E-state index in [4.69, 9.17) is 5.73 Å². The van der Waals surface area contributed by atoms with E-state index < -0.39 is 35.4 Å². The molecule has 20 heteroatoms. The number of aromatic nitrogens is 5. The third-order valence-electron chi connectivity index (χ3n) is 14.9. The van der Waals surface area contributed by atoms with E-state index in [0.29, 0.717) is 12.2 Å². The van der Waals surface area contributed by atoms with Crippen LogP contribution in [0, 0.1) is 12.3 Å². The Hall–Kier alpha value is -6.06. The second-order valence-electron chi connectivity index (χ2n) is 22.3. The first kappa shape index (κ1) is 57.1. The lowest BCUT2D eigenvalue weighted by atomic mass is 9.85. The number of anilines is 3. The van der Waals surface area contributed by atoms with Crippen LogP contribution in [0.5, 0.6) is 0 Å². The van der Waals surface area contributed by atoms with Gasteiger partial charge in [-0.2, -0.15) is 0 Å². The number of rotatable bonds is 21. The van der Waals surface area contributed by atoms with Gasteiger partial charge < -0.3 is 41.5 Å². The van der Waals surface area contributed by atoms with Crippen molar-refractivity contribution in [2.75, 3.05) is 67.5 Å². The first-order valence-electron chi connectivity index (χ1n) is 27.2. The number of aliphatic hydroxyl groups excluding tert-OH is 1. The minimum Gasteiger partial charge on any atom is -0.391 e. The number of hydrogen-bond acceptors (Lipinski definition) is 16. The quantitative estimate of drug-likeness (QED) is 0.0445. The van der Waals surface area contributed by atoms with Crippen LogP contribution in [0.1, 0.15) is 127 Å². The summed E-state index contributed by atoms with van der Waals surface area (Å²) in [4.78, 5) is 78.5. The van der Waals surface area contributed by atoms with Crippen molar-refractivity contribution in [1.82, 2.24) is 45.6 Å². The standard InChI is InChI=1S/C57H77N13O5S2/c1-38(40-17-19-41(20-18-40)51-39(2)61-37-76-51)62-54(74)46-33-43(71)36-70(46)55(75)52(56(3,4)5)64-53(73)45-21-22-47(66-65-45)69-30-28-67(29-31-69)25-12-10-8-7-9-11-16-49(72)63-42-14-13-15-44(32-42)77-50-35-59-48(34-60-50)68-26-23-57(6,58)24-27-68/h13-15,17-22,32,34-35,37-38,43,46,52,71H,7-12,16,23-31,33,36,58H2,1-6H3,(H,62,74)(H,63,72)(H,64,73)/t38-,43?,46-,52+/m0/s1. The smallest absolute Gasteiger partial charge is 0.272 e. The lowest BCUT2D eigenvalue weighted by Gasteiger charge is -2.37. The summed E-state index contributed by atoms with van der Waals surface area (Å²) in [5.74, 6) is 0.229. The number of carbonyl (C=O) groups is 4. The van der Waals surface area contributed by atoms with Crippen LogP contribution in [-0.2, 0) is 14.4 Å². The molecule has 0 radical (unpaired) electrons. The van der Waals surface area contributed by atoms with Gasteiger partial charge in [-0.15, -0.1) is 21.5 Å². The Bertz CT molecular complexity index is 2750. The number of aryl methyl sites for hydroxylation is 1. The van der Waals surface area contributed by atoms with Crippen LogP contribution in [0.3, 0.4) is 0 Å². The molecule has 3 aliphatic rings. The number of benzene rings is 2. The molecule has 18 nitrogen and oxygen atoms in total. The molecule has 3 aromatic heterocycles. The van der Waals surface area contributed by atoms with Gasteiger partial charge in [0, 0.05) is 74.8 Å². The van der Waals surface area contributed by atoms with Gasteiger partial charge in [-0.05, 0) is 99.9 Å². The highest BCUT2D eigenvalue weighted by molar-refractivity contribution is 7.99. The van der Waals surface area contributed by atoms with Crippen molar-refractivity contribution in [3.8, 4) is 10.4 Å². The van der Waals surface area contributed by atoms with Crippen molar-refractivity contribution in [1.29, 1.82) is 0 Å². The maximum Gasteiger partial charge on any atom is 0.272 e. The van der Waals surface area contributed by atoms with E-state index in [9.17, 15) is 24.3 Å². The molecule has 8 rings (SSSR count).